The quantitative estimate of drug-likeness (QED) is 0.506. The predicted octanol–water partition coefficient (Wildman–Crippen LogP) is -1.97. The minimum Gasteiger partial charge on any atom is -0.468 e. The van der Waals surface area contributed by atoms with Crippen LogP contribution >= 0.6 is 0 Å². The molecular formula is C11H15N5O5. The van der Waals surface area contributed by atoms with E-state index in [9.17, 15) is 10.2 Å². The van der Waals surface area contributed by atoms with Crippen LogP contribution in [0.1, 0.15) is 6.23 Å². The van der Waals surface area contributed by atoms with Gasteiger partial charge in [-0.25, -0.2) is 14.5 Å². The van der Waals surface area contributed by atoms with Gasteiger partial charge in [0.05, 0.1) is 13.7 Å². The van der Waals surface area contributed by atoms with Crippen LogP contribution in [0.25, 0.3) is 11.2 Å². The number of nitrogens with zero attached hydrogens (tertiary/aromatic N) is 4. The molecule has 10 nitrogen and oxygen atoms in total. The Morgan fingerprint density at radius 1 is 1.38 bits per heavy atom. The van der Waals surface area contributed by atoms with Gasteiger partial charge in [-0.3, -0.25) is 0 Å². The normalized spacial score (nSPS) is 29.1. The van der Waals surface area contributed by atoms with Crippen molar-refractivity contribution >= 4 is 17.0 Å². The van der Waals surface area contributed by atoms with Crippen LogP contribution in [0.2, 0.25) is 0 Å². The van der Waals surface area contributed by atoms with Gasteiger partial charge in [-0.2, -0.15) is 4.98 Å². The van der Waals surface area contributed by atoms with E-state index in [0.29, 0.717) is 11.2 Å². The summed E-state index contributed by atoms with van der Waals surface area (Å²) in [5, 5.41) is 29.1. The standard InChI is InChI=1S/C11H15N5O5/c1-20-11-15-5-8(12)13-3-14-9(5)16(11)10-7(19)6(18)4(2-17)21-10/h3-4,6-7,10,17-19H,2H2,1H3,(H2,12,13,14)/t4-,6+,7+,10+/m0/s1. The van der Waals surface area contributed by atoms with Crippen LogP contribution in [0, 0.1) is 0 Å². The van der Waals surface area contributed by atoms with Crippen molar-refractivity contribution in [2.24, 2.45) is 0 Å². The summed E-state index contributed by atoms with van der Waals surface area (Å²) in [4.78, 5) is 12.0. The van der Waals surface area contributed by atoms with Crippen LogP contribution in [-0.2, 0) is 4.74 Å². The second-order valence-corrected chi connectivity index (χ2v) is 4.63. The number of hydrogen-bond donors (Lipinski definition) is 4. The van der Waals surface area contributed by atoms with E-state index in [2.05, 4.69) is 15.0 Å². The van der Waals surface area contributed by atoms with Crippen molar-refractivity contribution < 1.29 is 24.8 Å². The summed E-state index contributed by atoms with van der Waals surface area (Å²) in [7, 11) is 1.39. The van der Waals surface area contributed by atoms with Crippen LogP contribution in [0.3, 0.4) is 0 Å². The molecule has 10 heteroatoms. The molecule has 1 aliphatic heterocycles. The molecule has 2 aromatic heterocycles. The SMILES string of the molecule is COc1nc2c(N)ncnc2n1[C@@H]1O[C@@H](CO)[C@@H](O)[C@H]1O. The van der Waals surface area contributed by atoms with Crippen LogP contribution in [-0.4, -0.2) is 66.9 Å². The Hall–Kier alpha value is -2.01. The van der Waals surface area contributed by atoms with Crippen molar-refractivity contribution in [1.82, 2.24) is 19.5 Å². The lowest BCUT2D eigenvalue weighted by Gasteiger charge is -2.18. The first kappa shape index (κ1) is 13.9. The zero-order chi connectivity index (χ0) is 15.1. The van der Waals surface area contributed by atoms with Gasteiger partial charge in [0.2, 0.25) is 0 Å². The third kappa shape index (κ3) is 2.00. The Morgan fingerprint density at radius 3 is 2.76 bits per heavy atom. The summed E-state index contributed by atoms with van der Waals surface area (Å²) in [5.41, 5.74) is 6.33. The maximum atomic E-state index is 10.1. The van der Waals surface area contributed by atoms with E-state index in [-0.39, 0.29) is 11.8 Å². The lowest BCUT2D eigenvalue weighted by Crippen LogP contribution is -2.33. The molecule has 5 N–H and O–H groups in total. The van der Waals surface area contributed by atoms with Gasteiger partial charge in [0.15, 0.2) is 23.2 Å². The third-order valence-corrected chi connectivity index (χ3v) is 3.43. The number of fused-ring (bicyclic) bond motifs is 1. The first-order chi connectivity index (χ1) is 10.1. The summed E-state index contributed by atoms with van der Waals surface area (Å²) in [6, 6.07) is 0.104. The number of aromatic nitrogens is 4. The lowest BCUT2D eigenvalue weighted by molar-refractivity contribution is -0.0537. The molecule has 1 fully saturated rings. The molecule has 0 spiro atoms. The zero-order valence-electron chi connectivity index (χ0n) is 11.1. The number of imidazole rings is 1. The number of aliphatic hydroxyl groups excluding tert-OH is 3. The molecule has 1 aliphatic rings. The fourth-order valence-corrected chi connectivity index (χ4v) is 2.37. The van der Waals surface area contributed by atoms with Gasteiger partial charge < -0.3 is 30.5 Å². The summed E-state index contributed by atoms with van der Waals surface area (Å²) >= 11 is 0. The highest BCUT2D eigenvalue weighted by Gasteiger charge is 2.45. The van der Waals surface area contributed by atoms with Gasteiger partial charge in [0.25, 0.3) is 0 Å². The van der Waals surface area contributed by atoms with E-state index in [0.717, 1.165) is 0 Å². The van der Waals surface area contributed by atoms with E-state index < -0.39 is 31.1 Å². The predicted molar refractivity (Wildman–Crippen MR) is 69.3 cm³/mol. The van der Waals surface area contributed by atoms with Crippen LogP contribution < -0.4 is 10.5 Å². The molecule has 0 radical (unpaired) electrons. The number of anilines is 1. The Balaban J connectivity index is 2.14. The van der Waals surface area contributed by atoms with Gasteiger partial charge in [0, 0.05) is 0 Å². The van der Waals surface area contributed by atoms with Crippen molar-refractivity contribution in [2.75, 3.05) is 19.5 Å². The average Bonchev–Trinajstić information content (AvgIpc) is 2.99. The fraction of sp³-hybridized carbons (Fsp3) is 0.545. The molecule has 4 atom stereocenters. The largest absolute Gasteiger partial charge is 0.468 e. The highest BCUT2D eigenvalue weighted by atomic mass is 16.6. The van der Waals surface area contributed by atoms with E-state index in [1.54, 1.807) is 0 Å². The molecule has 3 rings (SSSR count). The molecule has 0 bridgehead atoms. The Morgan fingerprint density at radius 2 is 2.14 bits per heavy atom. The summed E-state index contributed by atoms with van der Waals surface area (Å²) in [6.45, 7) is -0.430. The number of aliphatic hydroxyl groups is 3. The van der Waals surface area contributed by atoms with Gasteiger partial charge in [-0.15, -0.1) is 0 Å². The monoisotopic (exact) mass is 297 g/mol. The summed E-state index contributed by atoms with van der Waals surface area (Å²) < 4.78 is 12.0. The number of methoxy groups -OCH3 is 1. The molecular weight excluding hydrogens is 282 g/mol. The third-order valence-electron chi connectivity index (χ3n) is 3.43. The smallest absolute Gasteiger partial charge is 0.300 e. The van der Waals surface area contributed by atoms with E-state index in [1.807, 2.05) is 0 Å². The Kier molecular flexibility index (Phi) is 3.37. The number of nitrogens with two attached hydrogens (primary N) is 1. The number of nitrogen functional groups attached to an aromatic ring is 1. The first-order valence-electron chi connectivity index (χ1n) is 6.23. The highest BCUT2D eigenvalue weighted by Crippen LogP contribution is 2.35. The Bertz CT molecular complexity index is 662. The molecule has 3 heterocycles. The second kappa shape index (κ2) is 5.07. The van der Waals surface area contributed by atoms with Crippen LogP contribution in [0.5, 0.6) is 6.01 Å². The molecule has 0 aliphatic carbocycles. The first-order valence-corrected chi connectivity index (χ1v) is 6.23. The topological polar surface area (TPSA) is 149 Å². The van der Waals surface area contributed by atoms with Gasteiger partial charge in [-0.1, -0.05) is 0 Å². The molecule has 114 valence electrons. The minimum absolute atomic E-state index is 0.104. The van der Waals surface area contributed by atoms with E-state index in [4.69, 9.17) is 20.3 Å². The van der Waals surface area contributed by atoms with E-state index >= 15 is 0 Å². The molecule has 21 heavy (non-hydrogen) atoms. The molecule has 0 unspecified atom stereocenters. The minimum atomic E-state index is -1.27. The van der Waals surface area contributed by atoms with Gasteiger partial charge in [-0.05, 0) is 0 Å². The summed E-state index contributed by atoms with van der Waals surface area (Å²) in [6.07, 6.45) is -3.18. The van der Waals surface area contributed by atoms with E-state index in [1.165, 1.54) is 18.0 Å². The number of ether oxygens (including phenoxy) is 2. The molecule has 0 saturated carbocycles. The van der Waals surface area contributed by atoms with Crippen molar-refractivity contribution in [3.05, 3.63) is 6.33 Å². The Labute approximate surface area is 118 Å². The average molecular weight is 297 g/mol. The maximum absolute atomic E-state index is 10.1. The molecule has 2 aromatic rings. The molecule has 0 aromatic carbocycles. The second-order valence-electron chi connectivity index (χ2n) is 4.63. The van der Waals surface area contributed by atoms with Crippen molar-refractivity contribution in [3.63, 3.8) is 0 Å². The van der Waals surface area contributed by atoms with Crippen molar-refractivity contribution in [3.8, 4) is 6.01 Å². The van der Waals surface area contributed by atoms with Gasteiger partial charge >= 0.3 is 6.01 Å². The maximum Gasteiger partial charge on any atom is 0.300 e. The number of rotatable bonds is 3. The van der Waals surface area contributed by atoms with Crippen molar-refractivity contribution in [1.29, 1.82) is 0 Å². The number of hydrogen-bond acceptors (Lipinski definition) is 9. The molecule has 1 saturated heterocycles. The van der Waals surface area contributed by atoms with Crippen LogP contribution in [0.4, 0.5) is 5.82 Å². The fourth-order valence-electron chi connectivity index (χ4n) is 2.37. The highest BCUT2D eigenvalue weighted by molar-refractivity contribution is 5.82. The van der Waals surface area contributed by atoms with Gasteiger partial charge in [0.1, 0.15) is 24.6 Å². The van der Waals surface area contributed by atoms with Crippen LogP contribution in [0.15, 0.2) is 6.33 Å². The lowest BCUT2D eigenvalue weighted by atomic mass is 10.1. The van der Waals surface area contributed by atoms with Crippen molar-refractivity contribution in [2.45, 2.75) is 24.5 Å². The summed E-state index contributed by atoms with van der Waals surface area (Å²) in [5.74, 6) is 0.156. The molecule has 0 amide bonds. The zero-order valence-corrected chi connectivity index (χ0v) is 11.1.